The molecule has 0 radical (unpaired) electrons. The molecule has 26 heavy (non-hydrogen) atoms. The van der Waals surface area contributed by atoms with Crippen LogP contribution < -0.4 is 14.8 Å². The first-order valence-corrected chi connectivity index (χ1v) is 8.34. The van der Waals surface area contributed by atoms with E-state index in [1.165, 1.54) is 0 Å². The molecule has 5 heteroatoms. The largest absolute Gasteiger partial charge is 0.484 e. The van der Waals surface area contributed by atoms with Crippen LogP contribution in [0.4, 0.5) is 0 Å². The molecule has 3 rings (SSSR count). The summed E-state index contributed by atoms with van der Waals surface area (Å²) in [7, 11) is 0. The molecule has 0 atom stereocenters. The molecule has 0 aliphatic rings. The number of amides is 1. The van der Waals surface area contributed by atoms with Crippen molar-refractivity contribution in [2.45, 2.75) is 13.5 Å². The zero-order valence-electron chi connectivity index (χ0n) is 14.5. The minimum Gasteiger partial charge on any atom is -0.484 e. The Morgan fingerprint density at radius 2 is 1.69 bits per heavy atom. The van der Waals surface area contributed by atoms with Gasteiger partial charge in [0.1, 0.15) is 11.5 Å². The van der Waals surface area contributed by atoms with Gasteiger partial charge in [0.2, 0.25) is 5.88 Å². The highest BCUT2D eigenvalue weighted by Gasteiger charge is 2.05. The van der Waals surface area contributed by atoms with Gasteiger partial charge in [0.05, 0.1) is 0 Å². The lowest BCUT2D eigenvalue weighted by Crippen LogP contribution is -2.28. The van der Waals surface area contributed by atoms with Crippen LogP contribution in [0.15, 0.2) is 72.9 Å². The summed E-state index contributed by atoms with van der Waals surface area (Å²) in [6.45, 7) is 2.48. The number of nitrogens with zero attached hydrogens (tertiary/aromatic N) is 1. The zero-order valence-corrected chi connectivity index (χ0v) is 14.5. The van der Waals surface area contributed by atoms with Crippen LogP contribution in [0.3, 0.4) is 0 Å². The molecule has 0 saturated heterocycles. The highest BCUT2D eigenvalue weighted by molar-refractivity contribution is 5.77. The predicted octanol–water partition coefficient (Wildman–Crippen LogP) is 3.88. The van der Waals surface area contributed by atoms with Crippen molar-refractivity contribution in [2.75, 3.05) is 6.61 Å². The molecule has 0 aliphatic carbocycles. The summed E-state index contributed by atoms with van der Waals surface area (Å²) in [5, 5.41) is 2.86. The van der Waals surface area contributed by atoms with Crippen molar-refractivity contribution >= 4 is 5.91 Å². The number of aromatic nitrogens is 1. The SMILES string of the molecule is Cc1ccccc1CNC(=O)COc1ccc(Oc2ccccn2)cc1. The highest BCUT2D eigenvalue weighted by Crippen LogP contribution is 2.22. The third kappa shape index (κ3) is 5.08. The van der Waals surface area contributed by atoms with Gasteiger partial charge in [-0.3, -0.25) is 4.79 Å². The van der Waals surface area contributed by atoms with E-state index in [-0.39, 0.29) is 12.5 Å². The van der Waals surface area contributed by atoms with Gasteiger partial charge in [-0.05, 0) is 48.4 Å². The second kappa shape index (κ2) is 8.67. The summed E-state index contributed by atoms with van der Waals surface area (Å²) in [6, 6.07) is 20.5. The van der Waals surface area contributed by atoms with Crippen LogP contribution in [0, 0.1) is 6.92 Å². The Morgan fingerprint density at radius 1 is 0.962 bits per heavy atom. The second-order valence-electron chi connectivity index (χ2n) is 5.73. The maximum Gasteiger partial charge on any atom is 0.258 e. The molecule has 1 heterocycles. The quantitative estimate of drug-likeness (QED) is 0.704. The first-order chi connectivity index (χ1) is 12.7. The third-order valence-electron chi connectivity index (χ3n) is 3.79. The van der Waals surface area contributed by atoms with Crippen molar-refractivity contribution in [2.24, 2.45) is 0 Å². The van der Waals surface area contributed by atoms with Gasteiger partial charge < -0.3 is 14.8 Å². The molecule has 0 unspecified atom stereocenters. The van der Waals surface area contributed by atoms with Crippen molar-refractivity contribution in [3.63, 3.8) is 0 Å². The van der Waals surface area contributed by atoms with Gasteiger partial charge in [0.15, 0.2) is 6.61 Å². The molecule has 3 aromatic rings. The maximum atomic E-state index is 11.9. The van der Waals surface area contributed by atoms with E-state index in [4.69, 9.17) is 9.47 Å². The van der Waals surface area contributed by atoms with Crippen LogP contribution in [0.25, 0.3) is 0 Å². The van der Waals surface area contributed by atoms with Crippen LogP contribution in [0.1, 0.15) is 11.1 Å². The number of hydrogen-bond acceptors (Lipinski definition) is 4. The van der Waals surface area contributed by atoms with Gasteiger partial charge >= 0.3 is 0 Å². The molecule has 1 aromatic heterocycles. The van der Waals surface area contributed by atoms with Crippen molar-refractivity contribution in [3.8, 4) is 17.4 Å². The van der Waals surface area contributed by atoms with Gasteiger partial charge in [-0.1, -0.05) is 30.3 Å². The topological polar surface area (TPSA) is 60.5 Å². The van der Waals surface area contributed by atoms with Crippen LogP contribution in [0.5, 0.6) is 17.4 Å². The number of aryl methyl sites for hydroxylation is 1. The number of benzene rings is 2. The summed E-state index contributed by atoms with van der Waals surface area (Å²) in [5.74, 6) is 1.61. The monoisotopic (exact) mass is 348 g/mol. The fourth-order valence-corrected chi connectivity index (χ4v) is 2.33. The van der Waals surface area contributed by atoms with Crippen LogP contribution >= 0.6 is 0 Å². The van der Waals surface area contributed by atoms with Crippen LogP contribution in [-0.4, -0.2) is 17.5 Å². The van der Waals surface area contributed by atoms with Crippen molar-refractivity contribution < 1.29 is 14.3 Å². The molecule has 5 nitrogen and oxygen atoms in total. The normalized spacial score (nSPS) is 10.2. The smallest absolute Gasteiger partial charge is 0.258 e. The predicted molar refractivity (Wildman–Crippen MR) is 99.3 cm³/mol. The fraction of sp³-hybridized carbons (Fsp3) is 0.143. The Balaban J connectivity index is 1.45. The van der Waals surface area contributed by atoms with E-state index in [0.717, 1.165) is 11.1 Å². The lowest BCUT2D eigenvalue weighted by atomic mass is 10.1. The van der Waals surface area contributed by atoms with E-state index in [9.17, 15) is 4.79 Å². The lowest BCUT2D eigenvalue weighted by Gasteiger charge is -2.10. The van der Waals surface area contributed by atoms with E-state index in [0.29, 0.717) is 23.9 Å². The minimum absolute atomic E-state index is 0.0354. The average Bonchev–Trinajstić information content (AvgIpc) is 2.68. The maximum absolute atomic E-state index is 11.9. The second-order valence-corrected chi connectivity index (χ2v) is 5.73. The number of nitrogens with one attached hydrogen (secondary N) is 1. The Kier molecular flexibility index (Phi) is 5.83. The number of ether oxygens (including phenoxy) is 2. The van der Waals surface area contributed by atoms with Crippen LogP contribution in [0.2, 0.25) is 0 Å². The third-order valence-corrected chi connectivity index (χ3v) is 3.79. The van der Waals surface area contributed by atoms with Gasteiger partial charge in [-0.15, -0.1) is 0 Å². The fourth-order valence-electron chi connectivity index (χ4n) is 2.33. The molecule has 2 aromatic carbocycles. The van der Waals surface area contributed by atoms with Crippen molar-refractivity contribution in [1.29, 1.82) is 0 Å². The molecule has 132 valence electrons. The summed E-state index contributed by atoms with van der Waals surface area (Å²) < 4.78 is 11.1. The lowest BCUT2D eigenvalue weighted by molar-refractivity contribution is -0.123. The number of rotatable bonds is 7. The Hall–Kier alpha value is -3.34. The van der Waals surface area contributed by atoms with E-state index in [2.05, 4.69) is 10.3 Å². The summed E-state index contributed by atoms with van der Waals surface area (Å²) >= 11 is 0. The van der Waals surface area contributed by atoms with Crippen LogP contribution in [-0.2, 0) is 11.3 Å². The van der Waals surface area contributed by atoms with E-state index >= 15 is 0 Å². The zero-order chi connectivity index (χ0) is 18.2. The molecule has 0 saturated carbocycles. The highest BCUT2D eigenvalue weighted by atomic mass is 16.5. The molecular formula is C21H20N2O3. The number of carbonyl (C=O) groups is 1. The van der Waals surface area contributed by atoms with E-state index in [1.54, 1.807) is 36.5 Å². The minimum atomic E-state index is -0.165. The molecule has 0 fully saturated rings. The molecule has 0 aliphatic heterocycles. The molecule has 0 bridgehead atoms. The molecule has 0 spiro atoms. The first kappa shape index (κ1) is 17.5. The van der Waals surface area contributed by atoms with Gasteiger partial charge in [-0.2, -0.15) is 0 Å². The van der Waals surface area contributed by atoms with Crippen molar-refractivity contribution in [3.05, 3.63) is 84.1 Å². The van der Waals surface area contributed by atoms with E-state index in [1.807, 2.05) is 43.3 Å². The summed E-state index contributed by atoms with van der Waals surface area (Å²) in [4.78, 5) is 16.0. The van der Waals surface area contributed by atoms with Gasteiger partial charge in [0, 0.05) is 18.8 Å². The van der Waals surface area contributed by atoms with Crippen molar-refractivity contribution in [1.82, 2.24) is 10.3 Å². The summed E-state index contributed by atoms with van der Waals surface area (Å²) in [6.07, 6.45) is 1.67. The van der Waals surface area contributed by atoms with E-state index < -0.39 is 0 Å². The standard InChI is InChI=1S/C21H20N2O3/c1-16-6-2-3-7-17(16)14-23-20(24)15-25-18-9-11-19(12-10-18)26-21-8-4-5-13-22-21/h2-13H,14-15H2,1H3,(H,23,24). The first-order valence-electron chi connectivity index (χ1n) is 8.34. The number of hydrogen-bond donors (Lipinski definition) is 1. The Morgan fingerprint density at radius 3 is 2.42 bits per heavy atom. The Labute approximate surface area is 152 Å². The molecule has 1 amide bonds. The van der Waals surface area contributed by atoms with Gasteiger partial charge in [-0.25, -0.2) is 4.98 Å². The average molecular weight is 348 g/mol. The number of carbonyl (C=O) groups excluding carboxylic acids is 1. The number of pyridine rings is 1. The molecular weight excluding hydrogens is 328 g/mol. The summed E-state index contributed by atoms with van der Waals surface area (Å²) in [5.41, 5.74) is 2.24. The Bertz CT molecular complexity index is 849. The molecule has 1 N–H and O–H groups in total. The van der Waals surface area contributed by atoms with Gasteiger partial charge in [0.25, 0.3) is 5.91 Å².